The third-order valence-corrected chi connectivity index (χ3v) is 4.41. The Bertz CT molecular complexity index is 552. The smallest absolute Gasteiger partial charge is 0.252 e. The maximum atomic E-state index is 12.4. The van der Waals surface area contributed by atoms with Gasteiger partial charge in [-0.15, -0.1) is 0 Å². The number of thiocarbonyl (C=S) groups is 1. The molecule has 5 nitrogen and oxygen atoms in total. The summed E-state index contributed by atoms with van der Waals surface area (Å²) in [4.78, 5) is 12.7. The van der Waals surface area contributed by atoms with Crippen LogP contribution in [0.4, 0.5) is 0 Å². The second-order valence-corrected chi connectivity index (χ2v) is 5.96. The van der Waals surface area contributed by atoms with E-state index in [4.69, 9.17) is 18.0 Å². The summed E-state index contributed by atoms with van der Waals surface area (Å²) in [6.07, 6.45) is 5.63. The molecule has 0 heterocycles. The van der Waals surface area contributed by atoms with Gasteiger partial charge in [-0.2, -0.15) is 0 Å². The second-order valence-electron chi connectivity index (χ2n) is 5.52. The molecule has 1 fully saturated rings. The van der Waals surface area contributed by atoms with Gasteiger partial charge in [0.05, 0.1) is 10.5 Å². The van der Waals surface area contributed by atoms with Crippen molar-refractivity contribution in [1.29, 1.82) is 0 Å². The quantitative estimate of drug-likeness (QED) is 0.390. The van der Waals surface area contributed by atoms with Gasteiger partial charge in [-0.05, 0) is 31.0 Å². The molecule has 0 radical (unpaired) electrons. The zero-order valence-electron chi connectivity index (χ0n) is 11.8. The molecule has 6 heteroatoms. The third kappa shape index (κ3) is 3.44. The van der Waals surface area contributed by atoms with Gasteiger partial charge in [-0.3, -0.25) is 4.79 Å². The van der Waals surface area contributed by atoms with Crippen LogP contribution in [-0.2, 0) is 0 Å². The van der Waals surface area contributed by atoms with E-state index in [0.29, 0.717) is 4.99 Å². The number of carbonyl (C=O) groups is 1. The number of carbonyl (C=O) groups excluding carboxylic acids is 1. The molecule has 2 rings (SSSR count). The first kappa shape index (κ1) is 15.6. The summed E-state index contributed by atoms with van der Waals surface area (Å²) in [7, 11) is 0. The number of aromatic hydroxyl groups is 2. The predicted molar refractivity (Wildman–Crippen MR) is 84.5 cm³/mol. The summed E-state index contributed by atoms with van der Waals surface area (Å²) < 4.78 is 0. The Labute approximate surface area is 129 Å². The second kappa shape index (κ2) is 6.30. The average molecular weight is 308 g/mol. The van der Waals surface area contributed by atoms with Crippen molar-refractivity contribution in [3.8, 4) is 11.5 Å². The molecule has 0 atom stereocenters. The van der Waals surface area contributed by atoms with Gasteiger partial charge in [0.2, 0.25) is 0 Å². The lowest BCUT2D eigenvalue weighted by atomic mass is 9.89. The summed E-state index contributed by atoms with van der Waals surface area (Å²) in [5.41, 5.74) is 5.49. The SMILES string of the molecule is NC(=S)C1(NC(=O)c2ccc(O)c(O)c2)CCCCCC1. The molecule has 0 unspecified atom stereocenters. The molecule has 0 aliphatic heterocycles. The van der Waals surface area contributed by atoms with Gasteiger partial charge in [0.1, 0.15) is 0 Å². The average Bonchev–Trinajstić information content (AvgIpc) is 2.68. The first-order chi connectivity index (χ1) is 9.94. The number of benzene rings is 1. The van der Waals surface area contributed by atoms with Crippen LogP contribution in [0.25, 0.3) is 0 Å². The lowest BCUT2D eigenvalue weighted by molar-refractivity contribution is 0.0917. The molecule has 5 N–H and O–H groups in total. The Morgan fingerprint density at radius 1 is 1.14 bits per heavy atom. The van der Waals surface area contributed by atoms with Gasteiger partial charge in [0, 0.05) is 5.56 Å². The largest absolute Gasteiger partial charge is 0.504 e. The molecule has 0 spiro atoms. The maximum Gasteiger partial charge on any atom is 0.252 e. The minimum Gasteiger partial charge on any atom is -0.504 e. The van der Waals surface area contributed by atoms with Crippen LogP contribution >= 0.6 is 12.2 Å². The number of phenolic OH excluding ortho intramolecular Hbond substituents is 2. The van der Waals surface area contributed by atoms with E-state index >= 15 is 0 Å². The van der Waals surface area contributed by atoms with E-state index in [9.17, 15) is 15.0 Å². The summed E-state index contributed by atoms with van der Waals surface area (Å²) in [5, 5.41) is 21.7. The molecule has 0 saturated heterocycles. The molecule has 1 aromatic rings. The van der Waals surface area contributed by atoms with E-state index < -0.39 is 5.54 Å². The fourth-order valence-electron chi connectivity index (χ4n) is 2.72. The number of nitrogens with one attached hydrogen (secondary N) is 1. The zero-order valence-corrected chi connectivity index (χ0v) is 12.6. The lowest BCUT2D eigenvalue weighted by Crippen LogP contribution is -2.56. The van der Waals surface area contributed by atoms with Crippen LogP contribution in [0.2, 0.25) is 0 Å². The Morgan fingerprint density at radius 3 is 2.29 bits per heavy atom. The van der Waals surface area contributed by atoms with E-state index in [1.165, 1.54) is 18.2 Å². The molecular weight excluding hydrogens is 288 g/mol. The fourth-order valence-corrected chi connectivity index (χ4v) is 2.97. The molecule has 1 aromatic carbocycles. The van der Waals surface area contributed by atoms with E-state index in [1.807, 2.05) is 0 Å². The number of nitrogens with two attached hydrogens (primary N) is 1. The molecule has 0 aromatic heterocycles. The van der Waals surface area contributed by atoms with Crippen LogP contribution in [0.1, 0.15) is 48.9 Å². The first-order valence-corrected chi connectivity index (χ1v) is 7.50. The lowest BCUT2D eigenvalue weighted by Gasteiger charge is -2.33. The fraction of sp³-hybridized carbons (Fsp3) is 0.467. The van der Waals surface area contributed by atoms with Crippen LogP contribution in [0, 0.1) is 0 Å². The van der Waals surface area contributed by atoms with Gasteiger partial charge >= 0.3 is 0 Å². The minimum atomic E-state index is -0.656. The summed E-state index contributed by atoms with van der Waals surface area (Å²) in [5.74, 6) is -0.932. The molecule has 1 aliphatic carbocycles. The number of phenols is 2. The highest BCUT2D eigenvalue weighted by Gasteiger charge is 2.35. The topological polar surface area (TPSA) is 95.6 Å². The Kier molecular flexibility index (Phi) is 4.67. The predicted octanol–water partition coefficient (Wildman–Crippen LogP) is 2.21. The van der Waals surface area contributed by atoms with Gasteiger partial charge in [-0.1, -0.05) is 37.9 Å². The van der Waals surface area contributed by atoms with Crippen LogP contribution < -0.4 is 11.1 Å². The molecule has 1 saturated carbocycles. The van der Waals surface area contributed by atoms with E-state index in [0.717, 1.165) is 38.5 Å². The van der Waals surface area contributed by atoms with Crippen molar-refractivity contribution in [3.63, 3.8) is 0 Å². The standard InChI is InChI=1S/C15H20N2O3S/c16-14(21)15(7-3-1-2-4-8-15)17-13(20)10-5-6-11(18)12(19)9-10/h5-6,9,18-19H,1-4,7-8H2,(H2,16,21)(H,17,20). The number of rotatable bonds is 3. The maximum absolute atomic E-state index is 12.4. The number of amides is 1. The molecule has 114 valence electrons. The molecular formula is C15H20N2O3S. The van der Waals surface area contributed by atoms with Crippen molar-refractivity contribution in [2.45, 2.75) is 44.1 Å². The highest BCUT2D eigenvalue weighted by molar-refractivity contribution is 7.80. The van der Waals surface area contributed by atoms with Crippen molar-refractivity contribution in [3.05, 3.63) is 23.8 Å². The highest BCUT2D eigenvalue weighted by atomic mass is 32.1. The summed E-state index contributed by atoms with van der Waals surface area (Å²) >= 11 is 5.18. The van der Waals surface area contributed by atoms with E-state index in [2.05, 4.69) is 5.32 Å². The summed E-state index contributed by atoms with van der Waals surface area (Å²) in [6.45, 7) is 0. The Balaban J connectivity index is 2.21. The van der Waals surface area contributed by atoms with Crippen LogP contribution in [-0.4, -0.2) is 26.6 Å². The Hall–Kier alpha value is -1.82. The molecule has 21 heavy (non-hydrogen) atoms. The third-order valence-electron chi connectivity index (χ3n) is 4.02. The van der Waals surface area contributed by atoms with Crippen molar-refractivity contribution in [2.75, 3.05) is 0 Å². The van der Waals surface area contributed by atoms with Crippen molar-refractivity contribution in [1.82, 2.24) is 5.32 Å². The monoisotopic (exact) mass is 308 g/mol. The van der Waals surface area contributed by atoms with Crippen LogP contribution in [0.5, 0.6) is 11.5 Å². The number of hydrogen-bond donors (Lipinski definition) is 4. The molecule has 1 aliphatic rings. The van der Waals surface area contributed by atoms with Gasteiger partial charge in [0.15, 0.2) is 11.5 Å². The summed E-state index contributed by atoms with van der Waals surface area (Å²) in [6, 6.07) is 3.97. The normalized spacial score (nSPS) is 17.7. The van der Waals surface area contributed by atoms with Crippen LogP contribution in [0.3, 0.4) is 0 Å². The first-order valence-electron chi connectivity index (χ1n) is 7.09. The highest BCUT2D eigenvalue weighted by Crippen LogP contribution is 2.29. The van der Waals surface area contributed by atoms with Gasteiger partial charge < -0.3 is 21.3 Å². The van der Waals surface area contributed by atoms with Gasteiger partial charge in [-0.25, -0.2) is 0 Å². The van der Waals surface area contributed by atoms with Crippen molar-refractivity contribution >= 4 is 23.1 Å². The Morgan fingerprint density at radius 2 is 1.76 bits per heavy atom. The number of hydrogen-bond acceptors (Lipinski definition) is 4. The van der Waals surface area contributed by atoms with E-state index in [-0.39, 0.29) is 23.0 Å². The van der Waals surface area contributed by atoms with E-state index in [1.54, 1.807) is 0 Å². The van der Waals surface area contributed by atoms with Crippen LogP contribution in [0.15, 0.2) is 18.2 Å². The molecule has 1 amide bonds. The minimum absolute atomic E-state index is 0.259. The van der Waals surface area contributed by atoms with Crippen molar-refractivity contribution < 1.29 is 15.0 Å². The van der Waals surface area contributed by atoms with Gasteiger partial charge in [0.25, 0.3) is 5.91 Å². The van der Waals surface area contributed by atoms with Crippen molar-refractivity contribution in [2.24, 2.45) is 5.73 Å². The molecule has 0 bridgehead atoms. The zero-order chi connectivity index (χ0) is 15.5.